The van der Waals surface area contributed by atoms with Gasteiger partial charge in [0.25, 0.3) is 0 Å². The molecule has 0 aromatic carbocycles. The van der Waals surface area contributed by atoms with Crippen molar-refractivity contribution in [1.29, 1.82) is 0 Å². The van der Waals surface area contributed by atoms with E-state index in [0.29, 0.717) is 5.92 Å². The van der Waals surface area contributed by atoms with Gasteiger partial charge in [-0.05, 0) is 39.5 Å². The van der Waals surface area contributed by atoms with Gasteiger partial charge in [-0.15, -0.1) is 6.58 Å². The third-order valence-corrected chi connectivity index (χ3v) is 3.53. The second-order valence-electron chi connectivity index (χ2n) is 6.49. The molecule has 2 heteroatoms. The molecule has 0 aliphatic heterocycles. The standard InChI is InChI=1S/C16H28O2/c1-5-9-14(15(17)18-16(2,3)4)12-13-10-7-6-8-11-13/h5,13-14H,1,6-12H2,2-4H3. The SMILES string of the molecule is C=CCC(CC1CCCCC1)C(=O)OC(C)(C)C. The largest absolute Gasteiger partial charge is 0.460 e. The molecule has 0 bridgehead atoms. The number of carbonyl (C=O) groups excluding carboxylic acids is 1. The maximum absolute atomic E-state index is 12.2. The quantitative estimate of drug-likeness (QED) is 0.532. The summed E-state index contributed by atoms with van der Waals surface area (Å²) in [5.41, 5.74) is -0.386. The highest BCUT2D eigenvalue weighted by Gasteiger charge is 2.27. The highest BCUT2D eigenvalue weighted by atomic mass is 16.6. The second-order valence-corrected chi connectivity index (χ2v) is 6.49. The normalized spacial score (nSPS) is 19.3. The van der Waals surface area contributed by atoms with E-state index in [2.05, 4.69) is 6.58 Å². The molecule has 1 aliphatic rings. The van der Waals surface area contributed by atoms with Crippen molar-refractivity contribution in [3.05, 3.63) is 12.7 Å². The van der Waals surface area contributed by atoms with Crippen LogP contribution in [0.15, 0.2) is 12.7 Å². The van der Waals surface area contributed by atoms with Gasteiger partial charge in [-0.3, -0.25) is 4.79 Å². The van der Waals surface area contributed by atoms with Crippen LogP contribution in [0.25, 0.3) is 0 Å². The van der Waals surface area contributed by atoms with Gasteiger partial charge >= 0.3 is 5.97 Å². The van der Waals surface area contributed by atoms with Crippen molar-refractivity contribution < 1.29 is 9.53 Å². The number of rotatable bonds is 5. The van der Waals surface area contributed by atoms with E-state index in [4.69, 9.17) is 4.74 Å². The summed E-state index contributed by atoms with van der Waals surface area (Å²) in [7, 11) is 0. The van der Waals surface area contributed by atoms with E-state index in [1.807, 2.05) is 26.8 Å². The second kappa shape index (κ2) is 6.96. The van der Waals surface area contributed by atoms with Crippen molar-refractivity contribution in [2.75, 3.05) is 0 Å². The Kier molecular flexibility index (Phi) is 5.90. The zero-order chi connectivity index (χ0) is 13.6. The lowest BCUT2D eigenvalue weighted by atomic mass is 9.82. The molecular formula is C16H28O2. The highest BCUT2D eigenvalue weighted by molar-refractivity contribution is 5.73. The van der Waals surface area contributed by atoms with Gasteiger partial charge in [-0.2, -0.15) is 0 Å². The molecule has 1 fully saturated rings. The Morgan fingerprint density at radius 1 is 1.33 bits per heavy atom. The average Bonchev–Trinajstić information content (AvgIpc) is 2.27. The lowest BCUT2D eigenvalue weighted by Crippen LogP contribution is -2.30. The summed E-state index contributed by atoms with van der Waals surface area (Å²) in [5.74, 6) is 0.661. The van der Waals surface area contributed by atoms with Gasteiger partial charge in [0.2, 0.25) is 0 Å². The maximum atomic E-state index is 12.2. The summed E-state index contributed by atoms with van der Waals surface area (Å²) in [5, 5.41) is 0. The maximum Gasteiger partial charge on any atom is 0.309 e. The zero-order valence-corrected chi connectivity index (χ0v) is 12.2. The molecule has 1 unspecified atom stereocenters. The lowest BCUT2D eigenvalue weighted by Gasteiger charge is -2.27. The van der Waals surface area contributed by atoms with E-state index < -0.39 is 0 Å². The average molecular weight is 252 g/mol. The molecule has 18 heavy (non-hydrogen) atoms. The molecule has 1 saturated carbocycles. The molecule has 0 spiro atoms. The first-order valence-corrected chi connectivity index (χ1v) is 7.26. The first kappa shape index (κ1) is 15.3. The summed E-state index contributed by atoms with van der Waals surface area (Å²) >= 11 is 0. The van der Waals surface area contributed by atoms with E-state index in [-0.39, 0.29) is 17.5 Å². The van der Waals surface area contributed by atoms with Crippen LogP contribution in [-0.2, 0) is 9.53 Å². The van der Waals surface area contributed by atoms with Gasteiger partial charge in [-0.1, -0.05) is 38.2 Å². The summed E-state index contributed by atoms with van der Waals surface area (Å²) in [6.45, 7) is 9.55. The third kappa shape index (κ3) is 5.70. The minimum atomic E-state index is -0.386. The van der Waals surface area contributed by atoms with Crippen LogP contribution >= 0.6 is 0 Å². The van der Waals surface area contributed by atoms with E-state index >= 15 is 0 Å². The van der Waals surface area contributed by atoms with Crippen molar-refractivity contribution in [1.82, 2.24) is 0 Å². The molecule has 1 rings (SSSR count). The van der Waals surface area contributed by atoms with Gasteiger partial charge in [0.05, 0.1) is 5.92 Å². The fraction of sp³-hybridized carbons (Fsp3) is 0.812. The molecule has 0 N–H and O–H groups in total. The number of esters is 1. The molecular weight excluding hydrogens is 224 g/mol. The summed E-state index contributed by atoms with van der Waals surface area (Å²) < 4.78 is 5.51. The lowest BCUT2D eigenvalue weighted by molar-refractivity contribution is -0.160. The summed E-state index contributed by atoms with van der Waals surface area (Å²) in [6, 6.07) is 0. The van der Waals surface area contributed by atoms with Crippen molar-refractivity contribution >= 4 is 5.97 Å². The fourth-order valence-electron chi connectivity index (χ4n) is 2.70. The van der Waals surface area contributed by atoms with E-state index in [1.165, 1.54) is 32.1 Å². The molecule has 2 nitrogen and oxygen atoms in total. The predicted octanol–water partition coefficient (Wildman–Crippen LogP) is 4.49. The minimum absolute atomic E-state index is 0.00447. The molecule has 0 aromatic heterocycles. The van der Waals surface area contributed by atoms with Crippen LogP contribution < -0.4 is 0 Å². The van der Waals surface area contributed by atoms with Crippen molar-refractivity contribution in [2.24, 2.45) is 11.8 Å². The Balaban J connectivity index is 2.52. The zero-order valence-electron chi connectivity index (χ0n) is 12.2. The van der Waals surface area contributed by atoms with Crippen LogP contribution in [0.3, 0.4) is 0 Å². The molecule has 0 heterocycles. The molecule has 0 amide bonds. The van der Waals surface area contributed by atoms with Crippen LogP contribution in [0.1, 0.15) is 65.7 Å². The van der Waals surface area contributed by atoms with Crippen LogP contribution in [0.2, 0.25) is 0 Å². The first-order chi connectivity index (χ1) is 8.42. The van der Waals surface area contributed by atoms with E-state index in [1.54, 1.807) is 0 Å². The minimum Gasteiger partial charge on any atom is -0.460 e. The van der Waals surface area contributed by atoms with Gasteiger partial charge < -0.3 is 4.74 Å². The number of hydrogen-bond donors (Lipinski definition) is 0. The highest BCUT2D eigenvalue weighted by Crippen LogP contribution is 2.31. The Morgan fingerprint density at radius 2 is 1.94 bits per heavy atom. The molecule has 0 aromatic rings. The first-order valence-electron chi connectivity index (χ1n) is 7.26. The smallest absolute Gasteiger partial charge is 0.309 e. The Morgan fingerprint density at radius 3 is 2.44 bits per heavy atom. The Hall–Kier alpha value is -0.790. The van der Waals surface area contributed by atoms with Crippen molar-refractivity contribution in [3.63, 3.8) is 0 Å². The van der Waals surface area contributed by atoms with Gasteiger partial charge in [-0.25, -0.2) is 0 Å². The number of carbonyl (C=O) groups is 1. The molecule has 1 atom stereocenters. The van der Waals surface area contributed by atoms with Crippen LogP contribution in [0.4, 0.5) is 0 Å². The van der Waals surface area contributed by atoms with E-state index in [0.717, 1.165) is 12.8 Å². The van der Waals surface area contributed by atoms with Gasteiger partial charge in [0.1, 0.15) is 5.60 Å². The fourth-order valence-corrected chi connectivity index (χ4v) is 2.70. The number of ether oxygens (including phenoxy) is 1. The molecule has 104 valence electrons. The molecule has 1 aliphatic carbocycles. The topological polar surface area (TPSA) is 26.3 Å². The molecule has 0 saturated heterocycles. The Labute approximate surface area is 112 Å². The van der Waals surface area contributed by atoms with Crippen LogP contribution in [0.5, 0.6) is 0 Å². The summed E-state index contributed by atoms with van der Waals surface area (Å²) in [4.78, 5) is 12.2. The van der Waals surface area contributed by atoms with Crippen molar-refractivity contribution in [3.8, 4) is 0 Å². The number of allylic oxidation sites excluding steroid dienone is 1. The van der Waals surface area contributed by atoms with Gasteiger partial charge in [0, 0.05) is 0 Å². The Bertz CT molecular complexity index is 269. The van der Waals surface area contributed by atoms with E-state index in [9.17, 15) is 4.79 Å². The predicted molar refractivity (Wildman–Crippen MR) is 75.3 cm³/mol. The van der Waals surface area contributed by atoms with Crippen molar-refractivity contribution in [2.45, 2.75) is 71.3 Å². The number of hydrogen-bond acceptors (Lipinski definition) is 2. The third-order valence-electron chi connectivity index (χ3n) is 3.53. The van der Waals surface area contributed by atoms with Crippen LogP contribution in [-0.4, -0.2) is 11.6 Å². The summed E-state index contributed by atoms with van der Waals surface area (Å²) in [6.07, 6.45) is 10.1. The monoisotopic (exact) mass is 252 g/mol. The van der Waals surface area contributed by atoms with Gasteiger partial charge in [0.15, 0.2) is 0 Å². The molecule has 0 radical (unpaired) electrons. The van der Waals surface area contributed by atoms with Crippen LogP contribution in [0, 0.1) is 11.8 Å².